The highest BCUT2D eigenvalue weighted by Gasteiger charge is 2.53. The maximum absolute atomic E-state index is 5.29. The minimum absolute atomic E-state index is 0.0260. The highest BCUT2D eigenvalue weighted by molar-refractivity contribution is 6.20. The van der Waals surface area contributed by atoms with Crippen molar-refractivity contribution in [2.75, 3.05) is 4.90 Å². The molecule has 3 nitrogen and oxygen atoms in total. The van der Waals surface area contributed by atoms with Crippen molar-refractivity contribution in [2.45, 2.75) is 24.3 Å². The first-order valence-corrected chi connectivity index (χ1v) is 22.5. The van der Waals surface area contributed by atoms with Crippen molar-refractivity contribution >= 4 is 44.5 Å². The fourth-order valence-corrected chi connectivity index (χ4v) is 11.2. The van der Waals surface area contributed by atoms with E-state index in [1.165, 1.54) is 83.1 Å². The minimum Gasteiger partial charge on any atom is -0.359 e. The third kappa shape index (κ3) is 5.44. The van der Waals surface area contributed by atoms with Crippen molar-refractivity contribution in [3.63, 3.8) is 0 Å². The van der Waals surface area contributed by atoms with Crippen LogP contribution in [0.5, 0.6) is 0 Å². The second-order valence-corrected chi connectivity index (χ2v) is 17.3. The number of nitrogens with zero attached hydrogens (tertiary/aromatic N) is 2. The Kier molecular flexibility index (Phi) is 8.32. The van der Waals surface area contributed by atoms with E-state index in [0.29, 0.717) is 0 Å². The molecule has 2 aliphatic carbocycles. The molecule has 9 aromatic carbocycles. The van der Waals surface area contributed by atoms with E-state index in [0.717, 1.165) is 41.1 Å². The number of amidine groups is 1. The third-order valence-electron chi connectivity index (χ3n) is 13.9. The van der Waals surface area contributed by atoms with Crippen LogP contribution in [0.4, 0.5) is 11.4 Å². The molecule has 302 valence electrons. The molecule has 1 N–H and O–H groups in total. The number of allylic oxidation sites excluding steroid dienone is 4. The average Bonchev–Trinajstić information content (AvgIpc) is 3.68. The number of hydrogen-bond acceptors (Lipinski definition) is 3. The van der Waals surface area contributed by atoms with Crippen molar-refractivity contribution in [1.29, 1.82) is 0 Å². The Morgan fingerprint density at radius 3 is 1.86 bits per heavy atom. The summed E-state index contributed by atoms with van der Waals surface area (Å²) in [6, 6.07) is 73.9. The predicted octanol–water partition coefficient (Wildman–Crippen LogP) is 14.8. The maximum atomic E-state index is 5.29. The Morgan fingerprint density at radius 2 is 1.12 bits per heavy atom. The van der Waals surface area contributed by atoms with Crippen LogP contribution in [0.25, 0.3) is 49.5 Å². The fourth-order valence-electron chi connectivity index (χ4n) is 11.2. The topological polar surface area (TPSA) is 27.6 Å². The van der Waals surface area contributed by atoms with Gasteiger partial charge in [0, 0.05) is 16.8 Å². The van der Waals surface area contributed by atoms with Crippen LogP contribution in [0, 0.1) is 0 Å². The minimum atomic E-state index is -0.605. The van der Waals surface area contributed by atoms with E-state index in [4.69, 9.17) is 4.99 Å². The molecule has 0 amide bonds. The molecule has 0 aromatic heterocycles. The van der Waals surface area contributed by atoms with Crippen molar-refractivity contribution < 1.29 is 0 Å². The van der Waals surface area contributed by atoms with E-state index in [-0.39, 0.29) is 6.04 Å². The van der Waals surface area contributed by atoms with Gasteiger partial charge in [-0.05, 0) is 121 Å². The number of benzene rings is 9. The maximum Gasteiger partial charge on any atom is 0.134 e. The summed E-state index contributed by atoms with van der Waals surface area (Å²) >= 11 is 0. The monoisotopic (exact) mass is 817 g/mol. The van der Waals surface area contributed by atoms with Gasteiger partial charge in [-0.1, -0.05) is 188 Å². The van der Waals surface area contributed by atoms with Gasteiger partial charge in [0.1, 0.15) is 5.84 Å². The van der Waals surface area contributed by atoms with Crippen molar-refractivity contribution in [3.8, 4) is 22.3 Å². The normalized spacial score (nSPS) is 16.6. The molecule has 2 aliphatic heterocycles. The number of rotatable bonds is 5. The Labute approximate surface area is 373 Å². The van der Waals surface area contributed by atoms with Crippen LogP contribution < -0.4 is 10.2 Å². The Hall–Kier alpha value is -8.01. The van der Waals surface area contributed by atoms with Crippen LogP contribution >= 0.6 is 0 Å². The van der Waals surface area contributed by atoms with Gasteiger partial charge in [-0.15, -0.1) is 0 Å². The van der Waals surface area contributed by atoms with Gasteiger partial charge in [-0.2, -0.15) is 0 Å². The number of nitrogens with one attached hydrogen (secondary N) is 1. The zero-order valence-electron chi connectivity index (χ0n) is 35.2. The number of aliphatic imine (C=N–C) groups is 1. The first-order chi connectivity index (χ1) is 31.8. The van der Waals surface area contributed by atoms with Crippen molar-refractivity contribution in [3.05, 3.63) is 269 Å². The number of anilines is 2. The quantitative estimate of drug-likeness (QED) is 0.175. The van der Waals surface area contributed by atoms with Crippen LogP contribution in [0.1, 0.15) is 57.8 Å². The van der Waals surface area contributed by atoms with E-state index >= 15 is 0 Å². The summed E-state index contributed by atoms with van der Waals surface area (Å²) in [5.74, 6) is 0.873. The average molecular weight is 818 g/mol. The van der Waals surface area contributed by atoms with Gasteiger partial charge < -0.3 is 10.2 Å². The molecule has 0 bridgehead atoms. The molecule has 2 heterocycles. The summed E-state index contributed by atoms with van der Waals surface area (Å²) in [6.07, 6.45) is 11.1. The SMILES string of the molecule is C1=CCCC(N2c3ccccc3C3(c4cc(-c5cccc(C6=CC(c7ccccc7)NC(c7ccccc7)=N6)c5)ccc4-c4c3c3ccccc3c3ccccc43)c3ccccc32)=C1. The van der Waals surface area contributed by atoms with Gasteiger partial charge in [0.2, 0.25) is 0 Å². The molecule has 3 heteroatoms. The lowest BCUT2D eigenvalue weighted by atomic mass is 9.63. The van der Waals surface area contributed by atoms with Gasteiger partial charge >= 0.3 is 0 Å². The van der Waals surface area contributed by atoms with Gasteiger partial charge in [-0.25, -0.2) is 4.99 Å². The molecule has 9 aromatic rings. The second kappa shape index (κ2) is 14.5. The summed E-state index contributed by atoms with van der Waals surface area (Å²) < 4.78 is 0. The van der Waals surface area contributed by atoms with E-state index in [2.05, 4.69) is 235 Å². The predicted molar refractivity (Wildman–Crippen MR) is 266 cm³/mol. The lowest BCUT2D eigenvalue weighted by Crippen LogP contribution is -2.37. The molecule has 64 heavy (non-hydrogen) atoms. The molecule has 0 fully saturated rings. The van der Waals surface area contributed by atoms with E-state index in [1.807, 2.05) is 0 Å². The zero-order chi connectivity index (χ0) is 42.2. The lowest BCUT2D eigenvalue weighted by Gasteiger charge is -2.46. The first-order valence-electron chi connectivity index (χ1n) is 22.5. The molecular formula is C61H43N3. The summed E-state index contributed by atoms with van der Waals surface area (Å²) in [6.45, 7) is 0. The van der Waals surface area contributed by atoms with E-state index in [9.17, 15) is 0 Å². The fraction of sp³-hybridized carbons (Fsp3) is 0.0656. The number of fused-ring (bicyclic) bond motifs is 14. The highest BCUT2D eigenvalue weighted by atomic mass is 15.2. The van der Waals surface area contributed by atoms with Crippen LogP contribution in [-0.4, -0.2) is 5.84 Å². The highest BCUT2D eigenvalue weighted by Crippen LogP contribution is 2.66. The van der Waals surface area contributed by atoms with Gasteiger partial charge in [0.25, 0.3) is 0 Å². The lowest BCUT2D eigenvalue weighted by molar-refractivity contribution is 0.748. The van der Waals surface area contributed by atoms with E-state index in [1.54, 1.807) is 0 Å². The first kappa shape index (κ1) is 36.6. The standard InChI is InChI=1S/C61H43N3/c1-4-19-40(20-5-1)54-39-55(63-60(62-54)41-21-6-2-7-22-41)44-24-18-23-42(37-44)43-35-36-50-53(38-43)61(59-49-30-13-11-28-47(49)46-27-10-12-29-48(46)58(50)59)51-31-14-16-33-56(51)64(45-25-8-3-9-26-45)57-34-17-15-32-52(57)61/h1-8,10-25,27-39,54H,9,26H2,(H,62,63). The van der Waals surface area contributed by atoms with Crippen LogP contribution in [0.2, 0.25) is 0 Å². The summed E-state index contributed by atoms with van der Waals surface area (Å²) in [5.41, 5.74) is 17.8. The molecular weight excluding hydrogens is 775 g/mol. The summed E-state index contributed by atoms with van der Waals surface area (Å²) in [5, 5.41) is 8.89. The number of hydrogen-bond donors (Lipinski definition) is 1. The Bertz CT molecular complexity index is 3430. The van der Waals surface area contributed by atoms with E-state index < -0.39 is 5.41 Å². The largest absolute Gasteiger partial charge is 0.359 e. The molecule has 1 unspecified atom stereocenters. The van der Waals surface area contributed by atoms with Crippen LogP contribution in [0.15, 0.2) is 235 Å². The van der Waals surface area contributed by atoms with Gasteiger partial charge in [-0.3, -0.25) is 0 Å². The third-order valence-corrected chi connectivity index (χ3v) is 13.9. The smallest absolute Gasteiger partial charge is 0.134 e. The molecule has 0 saturated carbocycles. The number of para-hydroxylation sites is 2. The van der Waals surface area contributed by atoms with Crippen molar-refractivity contribution in [2.24, 2.45) is 4.99 Å². The second-order valence-electron chi connectivity index (χ2n) is 17.3. The van der Waals surface area contributed by atoms with Crippen molar-refractivity contribution in [1.82, 2.24) is 5.32 Å². The molecule has 1 atom stereocenters. The molecule has 1 spiro atoms. The Balaban J connectivity index is 1.06. The van der Waals surface area contributed by atoms with Gasteiger partial charge in [0.05, 0.1) is 28.5 Å². The Morgan fingerprint density at radius 1 is 0.516 bits per heavy atom. The zero-order valence-corrected chi connectivity index (χ0v) is 35.2. The van der Waals surface area contributed by atoms with Crippen LogP contribution in [0.3, 0.4) is 0 Å². The molecule has 13 rings (SSSR count). The molecule has 0 saturated heterocycles. The summed E-state index contributed by atoms with van der Waals surface area (Å²) in [4.78, 5) is 7.84. The molecule has 4 aliphatic rings. The molecule has 0 radical (unpaired) electrons. The van der Waals surface area contributed by atoms with Crippen LogP contribution in [-0.2, 0) is 5.41 Å². The summed E-state index contributed by atoms with van der Waals surface area (Å²) in [7, 11) is 0. The van der Waals surface area contributed by atoms with Gasteiger partial charge in [0.15, 0.2) is 0 Å².